The van der Waals surface area contributed by atoms with Crippen molar-refractivity contribution in [1.29, 1.82) is 0 Å². The molecule has 20 nitrogen and oxygen atoms in total. The second-order valence-electron chi connectivity index (χ2n) is 39.4. The first-order valence-corrected chi connectivity index (χ1v) is 55.4. The van der Waals surface area contributed by atoms with Crippen molar-refractivity contribution in [3.63, 3.8) is 0 Å². The summed E-state index contributed by atoms with van der Waals surface area (Å²) in [5.74, 6) is 0.494. The normalized spacial score (nSPS) is 12.0. The van der Waals surface area contributed by atoms with Gasteiger partial charge >= 0.3 is 59.7 Å². The van der Waals surface area contributed by atoms with E-state index >= 15 is 0 Å². The Balaban J connectivity index is 0.000000883. The van der Waals surface area contributed by atoms with Gasteiger partial charge in [0.25, 0.3) is 0 Å². The SMILES string of the molecule is CCCCC(CC)COC(=O)c1cccc(C(=O)OCCCCCCC(C)C)c1.CCCCCC(CCC)COC(=O)c1cccc(C(=O)OCC(CC)CCCC)c1.CCCCCC(CCC)COC(=O)c1cccc(C(=O)OCCCC)c1.CCCCCC(CCC)COC(=O)c1cccc(C(=O)OCCCCCCC(C)C)c1.CCCCOC(=O)c1cccc(C(=O)OCCCCCCC(C)C)c1. The van der Waals surface area contributed by atoms with E-state index in [4.69, 9.17) is 47.4 Å². The average Bonchev–Trinajstić information content (AvgIpc) is 0.883. The average molecular weight is 1970 g/mol. The Labute approximate surface area is 854 Å². The number of hydrogen-bond acceptors (Lipinski definition) is 20. The minimum Gasteiger partial charge on any atom is -0.462 e. The number of hydrogen-bond donors (Lipinski definition) is 0. The maximum atomic E-state index is 12.5. The van der Waals surface area contributed by atoms with Gasteiger partial charge in [-0.05, 0) is 222 Å². The van der Waals surface area contributed by atoms with Gasteiger partial charge in [-0.15, -0.1) is 0 Å². The van der Waals surface area contributed by atoms with Crippen molar-refractivity contribution >= 4 is 59.7 Å². The summed E-state index contributed by atoms with van der Waals surface area (Å²) in [4.78, 5) is 123. The Morgan fingerprint density at radius 3 is 0.532 bits per heavy atom. The van der Waals surface area contributed by atoms with E-state index in [-0.39, 0.29) is 47.8 Å². The highest BCUT2D eigenvalue weighted by atomic mass is 16.6. The minimum absolute atomic E-state index is 0.364. The van der Waals surface area contributed by atoms with Crippen molar-refractivity contribution in [3.05, 3.63) is 177 Å². The van der Waals surface area contributed by atoms with Crippen LogP contribution in [0.25, 0.3) is 0 Å². The van der Waals surface area contributed by atoms with Crippen LogP contribution in [0.1, 0.15) is 517 Å². The topological polar surface area (TPSA) is 263 Å². The van der Waals surface area contributed by atoms with Gasteiger partial charge in [-0.1, -0.05) is 360 Å². The Morgan fingerprint density at radius 2 is 0.348 bits per heavy atom. The lowest BCUT2D eigenvalue weighted by molar-refractivity contribution is 0.0409. The summed E-state index contributed by atoms with van der Waals surface area (Å²) >= 11 is 0. The van der Waals surface area contributed by atoms with Crippen LogP contribution in [0.4, 0.5) is 0 Å². The van der Waals surface area contributed by atoms with Crippen molar-refractivity contribution in [2.24, 2.45) is 47.3 Å². The van der Waals surface area contributed by atoms with E-state index < -0.39 is 11.9 Å². The number of ether oxygens (including phenoxy) is 10. The molecule has 0 spiro atoms. The number of rotatable bonds is 73. The molecule has 20 heteroatoms. The van der Waals surface area contributed by atoms with Crippen molar-refractivity contribution in [2.75, 3.05) is 66.1 Å². The van der Waals surface area contributed by atoms with Gasteiger partial charge in [0.05, 0.1) is 122 Å². The van der Waals surface area contributed by atoms with Crippen LogP contribution >= 0.6 is 0 Å². The summed E-state index contributed by atoms with van der Waals surface area (Å²) < 4.78 is 54.0. The Hall–Kier alpha value is -9.20. The third-order valence-corrected chi connectivity index (χ3v) is 24.9. The first-order valence-electron chi connectivity index (χ1n) is 55.4. The summed E-state index contributed by atoms with van der Waals surface area (Å²) in [5.41, 5.74) is 4.01. The van der Waals surface area contributed by atoms with Gasteiger partial charge < -0.3 is 47.4 Å². The molecule has 0 fully saturated rings. The van der Waals surface area contributed by atoms with Crippen LogP contribution in [0.2, 0.25) is 0 Å². The number of esters is 10. The Kier molecular flexibility index (Phi) is 79.4. The smallest absolute Gasteiger partial charge is 0.338 e. The van der Waals surface area contributed by atoms with Gasteiger partial charge in [0.1, 0.15) is 0 Å². The van der Waals surface area contributed by atoms with Gasteiger partial charge in [0, 0.05) is 0 Å². The predicted octanol–water partition coefficient (Wildman–Crippen LogP) is 32.8. The van der Waals surface area contributed by atoms with Crippen molar-refractivity contribution in [1.82, 2.24) is 0 Å². The molecule has 5 aromatic rings. The summed E-state index contributed by atoms with van der Waals surface area (Å²) in [7, 11) is 0. The molecule has 0 N–H and O–H groups in total. The highest BCUT2D eigenvalue weighted by Gasteiger charge is 2.23. The van der Waals surface area contributed by atoms with E-state index in [9.17, 15) is 47.9 Å². The van der Waals surface area contributed by atoms with Gasteiger partial charge in [-0.25, -0.2) is 47.9 Å². The molecule has 0 aliphatic carbocycles. The molecule has 141 heavy (non-hydrogen) atoms. The first-order chi connectivity index (χ1) is 68.2. The lowest BCUT2D eigenvalue weighted by Crippen LogP contribution is -2.16. The second-order valence-corrected chi connectivity index (χ2v) is 39.4. The van der Waals surface area contributed by atoms with Gasteiger partial charge in [0.2, 0.25) is 0 Å². The third-order valence-electron chi connectivity index (χ3n) is 24.9. The van der Waals surface area contributed by atoms with Crippen LogP contribution in [0, 0.1) is 47.3 Å². The molecule has 0 saturated carbocycles. The maximum absolute atomic E-state index is 12.5. The number of carbonyl (C=O) groups excluding carboxylic acids is 10. The molecule has 0 aliphatic heterocycles. The van der Waals surface area contributed by atoms with Gasteiger partial charge in [-0.2, -0.15) is 0 Å². The van der Waals surface area contributed by atoms with Crippen LogP contribution < -0.4 is 0 Å². The van der Waals surface area contributed by atoms with E-state index in [0.717, 1.165) is 191 Å². The van der Waals surface area contributed by atoms with Gasteiger partial charge in [-0.3, -0.25) is 0 Å². The maximum Gasteiger partial charge on any atom is 0.338 e. The molecule has 0 amide bonds. The molecule has 0 bridgehead atoms. The highest BCUT2D eigenvalue weighted by molar-refractivity contribution is 5.98. The molecule has 796 valence electrons. The fraction of sp³-hybridized carbons (Fsp3) is 0.669. The zero-order chi connectivity index (χ0) is 104. The largest absolute Gasteiger partial charge is 0.462 e. The standard InChI is InChI=1S/C27H44O4.C26H42O4.C25H40O4.C22H34O4.C21H32O4/c1-5-7-10-16-23(14-6-2)21-31-27(29)25-18-13-17-24(20-25)26(28)30-19-12-9-8-11-15-22(3)4;1-5-9-11-15-22(13-7-3)20-30-26(28)24-17-12-16-23(18-24)25(27)29-19-21(8-4)14-10-6-2;1-5-7-14-21(6-2)19-29-25(27)23-16-12-15-22(18-23)24(26)28-17-11-9-8-10-13-20(3)4;1-4-7-9-12-18(11-6-3)17-26-22(24)20-14-10-13-19(16-20)21(23)25-15-8-5-2;1-4-5-14-24-20(22)18-12-10-13-19(16-18)21(23)25-15-9-7-6-8-11-17(2)3/h13,17-18,20,22-23H,5-12,14-16,19,21H2,1-4H3;12,16-18,21-22H,5-11,13-15,19-20H2,1-4H3;12,15-16,18,20-21H,5-11,13-14,17,19H2,1-4H3;10,13-14,16,18H,4-9,11-12,15,17H2,1-3H3;10,12-13,16-17H,4-9,11,14-15H2,1-3H3. The first kappa shape index (κ1) is 130. The number of unbranched alkanes of at least 4 members (excludes halogenated alkanes) is 19. The lowest BCUT2D eigenvalue weighted by atomic mass is 9.97. The van der Waals surface area contributed by atoms with E-state index in [2.05, 4.69) is 111 Å². The van der Waals surface area contributed by atoms with Crippen LogP contribution in [-0.4, -0.2) is 126 Å². The van der Waals surface area contributed by atoms with Crippen LogP contribution in [0.15, 0.2) is 121 Å². The van der Waals surface area contributed by atoms with E-state index in [1.807, 2.05) is 13.8 Å². The molecule has 0 saturated heterocycles. The monoisotopic (exact) mass is 1970 g/mol. The summed E-state index contributed by atoms with van der Waals surface area (Å²) in [5, 5.41) is 0. The predicted molar refractivity (Wildman–Crippen MR) is 573 cm³/mol. The fourth-order valence-electron chi connectivity index (χ4n) is 15.8. The lowest BCUT2D eigenvalue weighted by Gasteiger charge is -2.16. The molecule has 5 unspecified atom stereocenters. The molecular weight excluding hydrogens is 1770 g/mol. The second kappa shape index (κ2) is 86.3. The molecule has 0 aromatic heterocycles. The summed E-state index contributed by atoms with van der Waals surface area (Å²) in [6.07, 6.45) is 49.7. The molecule has 5 atom stereocenters. The zero-order valence-corrected chi connectivity index (χ0v) is 91.2. The van der Waals surface area contributed by atoms with Crippen LogP contribution in [-0.2, 0) is 47.4 Å². The molecule has 5 aromatic carbocycles. The van der Waals surface area contributed by atoms with E-state index in [0.29, 0.717) is 151 Å². The highest BCUT2D eigenvalue weighted by Crippen LogP contribution is 2.25. The molecule has 0 radical (unpaired) electrons. The van der Waals surface area contributed by atoms with Gasteiger partial charge in [0.15, 0.2) is 0 Å². The van der Waals surface area contributed by atoms with E-state index in [1.54, 1.807) is 121 Å². The van der Waals surface area contributed by atoms with Crippen molar-refractivity contribution in [2.45, 2.75) is 414 Å². The number of carbonyl (C=O) groups is 10. The minimum atomic E-state index is -0.395. The van der Waals surface area contributed by atoms with Crippen LogP contribution in [0.3, 0.4) is 0 Å². The molecule has 0 heterocycles. The Morgan fingerprint density at radius 1 is 0.177 bits per heavy atom. The fourth-order valence-corrected chi connectivity index (χ4v) is 15.8. The third kappa shape index (κ3) is 65.7. The van der Waals surface area contributed by atoms with Crippen molar-refractivity contribution in [3.8, 4) is 0 Å². The summed E-state index contributed by atoms with van der Waals surface area (Å²) in [6.45, 7) is 43.4. The van der Waals surface area contributed by atoms with Crippen LogP contribution in [0.5, 0.6) is 0 Å². The number of benzene rings is 5. The quantitative estimate of drug-likeness (QED) is 0.0199. The van der Waals surface area contributed by atoms with E-state index in [1.165, 1.54) is 116 Å². The molecule has 5 rings (SSSR count). The Bertz CT molecular complexity index is 4090. The summed E-state index contributed by atoms with van der Waals surface area (Å²) in [6, 6.07) is 33.1. The molecular formula is C121H192O20. The zero-order valence-electron chi connectivity index (χ0n) is 91.2. The molecule has 0 aliphatic rings. The van der Waals surface area contributed by atoms with Crippen molar-refractivity contribution < 1.29 is 95.3 Å².